The van der Waals surface area contributed by atoms with Crippen LogP contribution >= 0.6 is 0 Å². The fourth-order valence-corrected chi connectivity index (χ4v) is 3.15. The maximum atomic E-state index is 11.7. The van der Waals surface area contributed by atoms with Crippen molar-refractivity contribution in [2.75, 3.05) is 7.11 Å². The first-order valence-electron chi connectivity index (χ1n) is 5.79. The summed E-state index contributed by atoms with van der Waals surface area (Å²) in [5.41, 5.74) is 0. The number of carbonyl (C=O) groups excluding carboxylic acids is 3. The molecule has 2 aliphatic rings. The molecule has 0 saturated heterocycles. The Morgan fingerprint density at radius 3 is 2.59 bits per heavy atom. The molecule has 0 aromatic heterocycles. The van der Waals surface area contributed by atoms with Crippen LogP contribution in [-0.4, -0.2) is 30.9 Å². The minimum absolute atomic E-state index is 0.0145. The fourth-order valence-electron chi connectivity index (χ4n) is 3.15. The van der Waals surface area contributed by atoms with Crippen molar-refractivity contribution in [2.45, 2.75) is 32.3 Å². The van der Waals surface area contributed by atoms with Crippen molar-refractivity contribution in [1.82, 2.24) is 0 Å². The van der Waals surface area contributed by atoms with Gasteiger partial charge in [0.2, 0.25) is 0 Å². The molecule has 2 rings (SSSR count). The van der Waals surface area contributed by atoms with Crippen molar-refractivity contribution in [3.63, 3.8) is 0 Å². The van der Waals surface area contributed by atoms with Crippen molar-refractivity contribution in [2.24, 2.45) is 17.8 Å². The molecule has 0 aromatic rings. The average Bonchev–Trinajstić information content (AvgIpc) is 2.71. The number of methoxy groups -OCH3 is 1. The van der Waals surface area contributed by atoms with Crippen LogP contribution in [0.3, 0.4) is 0 Å². The second kappa shape index (κ2) is 4.47. The molecule has 0 unspecified atom stereocenters. The number of ketones is 1. The van der Waals surface area contributed by atoms with Gasteiger partial charge in [-0.05, 0) is 18.3 Å². The van der Waals surface area contributed by atoms with Gasteiger partial charge in [-0.1, -0.05) is 0 Å². The summed E-state index contributed by atoms with van der Waals surface area (Å²) in [6.45, 7) is 1.33. The first-order valence-corrected chi connectivity index (χ1v) is 5.79. The highest BCUT2D eigenvalue weighted by atomic mass is 16.6. The molecule has 0 N–H and O–H groups in total. The summed E-state index contributed by atoms with van der Waals surface area (Å²) in [7, 11) is 1.32. The molecular weight excluding hydrogens is 224 g/mol. The minimum atomic E-state index is -0.472. The van der Waals surface area contributed by atoms with E-state index in [-0.39, 0.29) is 23.6 Å². The van der Waals surface area contributed by atoms with Crippen LogP contribution in [-0.2, 0) is 23.9 Å². The molecule has 0 spiro atoms. The number of carbonyl (C=O) groups is 3. The van der Waals surface area contributed by atoms with E-state index in [2.05, 4.69) is 0 Å². The number of hydrogen-bond acceptors (Lipinski definition) is 5. The van der Waals surface area contributed by atoms with Gasteiger partial charge in [0.25, 0.3) is 0 Å². The van der Waals surface area contributed by atoms with E-state index in [0.29, 0.717) is 19.3 Å². The van der Waals surface area contributed by atoms with Gasteiger partial charge < -0.3 is 9.47 Å². The van der Waals surface area contributed by atoms with Crippen LogP contribution in [0.1, 0.15) is 26.2 Å². The van der Waals surface area contributed by atoms with Gasteiger partial charge in [-0.15, -0.1) is 0 Å². The zero-order chi connectivity index (χ0) is 12.6. The summed E-state index contributed by atoms with van der Waals surface area (Å²) in [6, 6.07) is 0. The molecule has 5 heteroatoms. The maximum Gasteiger partial charge on any atom is 0.312 e. The lowest BCUT2D eigenvalue weighted by molar-refractivity contribution is -0.158. The van der Waals surface area contributed by atoms with Crippen molar-refractivity contribution in [3.05, 3.63) is 0 Å². The zero-order valence-corrected chi connectivity index (χ0v) is 9.97. The van der Waals surface area contributed by atoms with Gasteiger partial charge in [0, 0.05) is 19.8 Å². The summed E-state index contributed by atoms with van der Waals surface area (Å²) in [6.07, 6.45) is 1.07. The lowest BCUT2D eigenvalue weighted by Gasteiger charge is -2.20. The van der Waals surface area contributed by atoms with Gasteiger partial charge in [-0.25, -0.2) is 0 Å². The van der Waals surface area contributed by atoms with Crippen LogP contribution in [0, 0.1) is 17.8 Å². The first-order chi connectivity index (χ1) is 8.02. The van der Waals surface area contributed by atoms with Gasteiger partial charge in [-0.2, -0.15) is 0 Å². The molecule has 2 aliphatic carbocycles. The number of fused-ring (bicyclic) bond motifs is 1. The predicted octanol–water partition coefficient (Wildman–Crippen LogP) is 0.706. The second-order valence-electron chi connectivity index (χ2n) is 4.80. The third-order valence-electron chi connectivity index (χ3n) is 3.75. The van der Waals surface area contributed by atoms with Crippen molar-refractivity contribution in [1.29, 1.82) is 0 Å². The Bertz CT molecular complexity index is 362. The Kier molecular flexibility index (Phi) is 3.17. The first kappa shape index (κ1) is 12.1. The molecule has 0 radical (unpaired) electrons. The van der Waals surface area contributed by atoms with Crippen LogP contribution in [0.15, 0.2) is 0 Å². The van der Waals surface area contributed by atoms with E-state index < -0.39 is 18.0 Å². The summed E-state index contributed by atoms with van der Waals surface area (Å²) < 4.78 is 9.92. The predicted molar refractivity (Wildman–Crippen MR) is 56.9 cm³/mol. The maximum absolute atomic E-state index is 11.7. The highest BCUT2D eigenvalue weighted by Gasteiger charge is 2.53. The summed E-state index contributed by atoms with van der Waals surface area (Å²) >= 11 is 0. The SMILES string of the molecule is COC(=O)[C@@H]1[C@H]2CC(=O)C[C@H]2C[C@H]1OC(C)=O. The lowest BCUT2D eigenvalue weighted by Crippen LogP contribution is -2.32. The molecule has 2 fully saturated rings. The van der Waals surface area contributed by atoms with Crippen LogP contribution in [0.2, 0.25) is 0 Å². The number of esters is 2. The van der Waals surface area contributed by atoms with E-state index in [0.717, 1.165) is 0 Å². The number of Topliss-reactive ketones (excluding diaryl/α,β-unsaturated/α-hetero) is 1. The van der Waals surface area contributed by atoms with E-state index >= 15 is 0 Å². The van der Waals surface area contributed by atoms with E-state index in [4.69, 9.17) is 9.47 Å². The molecule has 0 aliphatic heterocycles. The summed E-state index contributed by atoms with van der Waals surface area (Å²) in [4.78, 5) is 34.1. The minimum Gasteiger partial charge on any atom is -0.469 e. The Labute approximate surface area is 99.5 Å². The Hall–Kier alpha value is -1.39. The second-order valence-corrected chi connectivity index (χ2v) is 4.80. The molecule has 17 heavy (non-hydrogen) atoms. The number of ether oxygens (including phenoxy) is 2. The molecule has 2 saturated carbocycles. The third-order valence-corrected chi connectivity index (χ3v) is 3.75. The highest BCUT2D eigenvalue weighted by Crippen LogP contribution is 2.47. The standard InChI is InChI=1S/C12H16O5/c1-6(13)17-10-4-7-3-8(14)5-9(7)11(10)12(15)16-2/h7,9-11H,3-5H2,1-2H3/t7-,9-,10+,11+/m0/s1. The van der Waals surface area contributed by atoms with Gasteiger partial charge in [-0.3, -0.25) is 14.4 Å². The van der Waals surface area contributed by atoms with Crippen LogP contribution in [0.4, 0.5) is 0 Å². The average molecular weight is 240 g/mol. The van der Waals surface area contributed by atoms with Gasteiger partial charge in [0.15, 0.2) is 0 Å². The molecule has 0 heterocycles. The number of rotatable bonds is 2. The quantitative estimate of drug-likeness (QED) is 0.665. The van der Waals surface area contributed by atoms with Crippen molar-refractivity contribution in [3.8, 4) is 0 Å². The Morgan fingerprint density at radius 1 is 1.29 bits per heavy atom. The van der Waals surface area contributed by atoms with E-state index in [1.165, 1.54) is 14.0 Å². The molecule has 0 amide bonds. The van der Waals surface area contributed by atoms with Gasteiger partial charge in [0.1, 0.15) is 11.9 Å². The highest BCUT2D eigenvalue weighted by molar-refractivity contribution is 5.84. The largest absolute Gasteiger partial charge is 0.469 e. The van der Waals surface area contributed by atoms with Crippen LogP contribution in [0.25, 0.3) is 0 Å². The van der Waals surface area contributed by atoms with E-state index in [1.807, 2.05) is 0 Å². The molecule has 0 bridgehead atoms. The van der Waals surface area contributed by atoms with E-state index in [9.17, 15) is 14.4 Å². The molecule has 0 aromatic carbocycles. The topological polar surface area (TPSA) is 69.7 Å². The molecule has 94 valence electrons. The smallest absolute Gasteiger partial charge is 0.312 e. The zero-order valence-electron chi connectivity index (χ0n) is 9.97. The fraction of sp³-hybridized carbons (Fsp3) is 0.750. The molecular formula is C12H16O5. The van der Waals surface area contributed by atoms with E-state index in [1.54, 1.807) is 0 Å². The third kappa shape index (κ3) is 2.18. The summed E-state index contributed by atoms with van der Waals surface area (Å²) in [5, 5.41) is 0. The van der Waals surface area contributed by atoms with Crippen LogP contribution < -0.4 is 0 Å². The van der Waals surface area contributed by atoms with Crippen LogP contribution in [0.5, 0.6) is 0 Å². The van der Waals surface area contributed by atoms with Crippen molar-refractivity contribution < 1.29 is 23.9 Å². The number of hydrogen-bond donors (Lipinski definition) is 0. The van der Waals surface area contributed by atoms with Gasteiger partial charge >= 0.3 is 11.9 Å². The Balaban J connectivity index is 2.16. The van der Waals surface area contributed by atoms with Crippen molar-refractivity contribution >= 4 is 17.7 Å². The molecule has 5 nitrogen and oxygen atoms in total. The monoisotopic (exact) mass is 240 g/mol. The summed E-state index contributed by atoms with van der Waals surface area (Å²) in [5.74, 6) is -0.903. The Morgan fingerprint density at radius 2 is 2.00 bits per heavy atom. The normalized spacial score (nSPS) is 35.5. The lowest BCUT2D eigenvalue weighted by atomic mass is 9.91. The van der Waals surface area contributed by atoms with Gasteiger partial charge in [0.05, 0.1) is 13.0 Å². The molecule has 4 atom stereocenters.